The topological polar surface area (TPSA) is 0 Å². The first-order valence-corrected chi connectivity index (χ1v) is 12.5. The molecule has 0 amide bonds. The minimum atomic E-state index is -1.34. The standard InChI is InChI=1S/C16H25Si2/c1-7-11-18(5,6)16-10-9-14(8-2)15(12-16)13-17(3)4/h7-10,12H,1-2,11,13H2,3-6H3. The average Bonchev–Trinajstić information content (AvgIpc) is 2.28. The van der Waals surface area contributed by atoms with Gasteiger partial charge in [-0.2, -0.15) is 0 Å². The van der Waals surface area contributed by atoms with Crippen LogP contribution in [0.2, 0.25) is 32.2 Å². The summed E-state index contributed by atoms with van der Waals surface area (Å²) in [6.07, 6.45) is 4.06. The molecule has 0 aliphatic heterocycles. The Labute approximate surface area is 115 Å². The monoisotopic (exact) mass is 273 g/mol. The molecule has 0 atom stereocenters. The van der Waals surface area contributed by atoms with E-state index in [0.29, 0.717) is 0 Å². The summed E-state index contributed by atoms with van der Waals surface area (Å²) in [5.41, 5.74) is 2.80. The molecule has 0 saturated heterocycles. The van der Waals surface area contributed by atoms with Crippen LogP contribution in [0.1, 0.15) is 11.1 Å². The SMILES string of the molecule is C=CC[Si](C)(C)c1ccc(C=C)c(C[Si](C)C)c1. The lowest BCUT2D eigenvalue weighted by atomic mass is 10.1. The second-order valence-electron chi connectivity index (χ2n) is 5.88. The van der Waals surface area contributed by atoms with E-state index in [1.165, 1.54) is 17.2 Å². The van der Waals surface area contributed by atoms with Gasteiger partial charge in [0.1, 0.15) is 0 Å². The molecule has 0 heterocycles. The fourth-order valence-corrected chi connectivity index (χ4v) is 5.36. The van der Waals surface area contributed by atoms with Crippen molar-refractivity contribution in [1.29, 1.82) is 0 Å². The lowest BCUT2D eigenvalue weighted by molar-refractivity contribution is 1.34. The van der Waals surface area contributed by atoms with E-state index < -0.39 is 8.07 Å². The molecule has 1 aromatic carbocycles. The van der Waals surface area contributed by atoms with Gasteiger partial charge in [0, 0.05) is 8.80 Å². The van der Waals surface area contributed by atoms with Gasteiger partial charge in [0.2, 0.25) is 0 Å². The van der Waals surface area contributed by atoms with Gasteiger partial charge < -0.3 is 0 Å². The maximum Gasteiger partial charge on any atom is 0.0843 e. The Morgan fingerprint density at radius 1 is 1.22 bits per heavy atom. The zero-order valence-corrected chi connectivity index (χ0v) is 14.2. The molecule has 0 aliphatic carbocycles. The molecule has 0 fully saturated rings. The zero-order valence-electron chi connectivity index (χ0n) is 12.2. The first kappa shape index (κ1) is 15.2. The van der Waals surface area contributed by atoms with Crippen molar-refractivity contribution in [2.75, 3.05) is 0 Å². The van der Waals surface area contributed by atoms with Crippen molar-refractivity contribution in [3.63, 3.8) is 0 Å². The molecule has 0 aromatic heterocycles. The van der Waals surface area contributed by atoms with E-state index in [2.05, 4.69) is 63.6 Å². The molecule has 1 rings (SSSR count). The van der Waals surface area contributed by atoms with Crippen molar-refractivity contribution in [2.24, 2.45) is 0 Å². The van der Waals surface area contributed by atoms with E-state index in [-0.39, 0.29) is 8.80 Å². The van der Waals surface area contributed by atoms with Crippen LogP contribution in [-0.4, -0.2) is 16.9 Å². The van der Waals surface area contributed by atoms with Crippen molar-refractivity contribution in [2.45, 2.75) is 38.3 Å². The van der Waals surface area contributed by atoms with Gasteiger partial charge in [-0.3, -0.25) is 0 Å². The number of hydrogen-bond donors (Lipinski definition) is 0. The van der Waals surface area contributed by atoms with Crippen LogP contribution in [0, 0.1) is 0 Å². The number of allylic oxidation sites excluding steroid dienone is 1. The van der Waals surface area contributed by atoms with Gasteiger partial charge in [0.25, 0.3) is 0 Å². The smallest absolute Gasteiger partial charge is 0.0843 e. The van der Waals surface area contributed by atoms with Crippen LogP contribution in [0.5, 0.6) is 0 Å². The summed E-state index contributed by atoms with van der Waals surface area (Å²) in [6.45, 7) is 17.4. The fourth-order valence-electron chi connectivity index (χ4n) is 2.24. The van der Waals surface area contributed by atoms with Crippen molar-refractivity contribution < 1.29 is 0 Å². The van der Waals surface area contributed by atoms with E-state index in [1.54, 1.807) is 5.19 Å². The van der Waals surface area contributed by atoms with Gasteiger partial charge in [-0.1, -0.05) is 68.3 Å². The van der Waals surface area contributed by atoms with Crippen LogP contribution in [0.3, 0.4) is 0 Å². The Bertz CT molecular complexity index is 431. The van der Waals surface area contributed by atoms with Crippen LogP contribution >= 0.6 is 0 Å². The minimum absolute atomic E-state index is 0.245. The normalized spacial score (nSPS) is 11.6. The maximum absolute atomic E-state index is 3.93. The number of rotatable bonds is 6. The predicted molar refractivity (Wildman–Crippen MR) is 89.8 cm³/mol. The highest BCUT2D eigenvalue weighted by Crippen LogP contribution is 2.16. The van der Waals surface area contributed by atoms with Gasteiger partial charge >= 0.3 is 0 Å². The maximum atomic E-state index is 3.93. The largest absolute Gasteiger partial charge is 0.103 e. The molecular formula is C16H25Si2. The Morgan fingerprint density at radius 3 is 2.39 bits per heavy atom. The van der Waals surface area contributed by atoms with E-state index in [4.69, 9.17) is 0 Å². The van der Waals surface area contributed by atoms with E-state index in [1.807, 2.05) is 6.08 Å². The first-order chi connectivity index (χ1) is 8.40. The second-order valence-corrected chi connectivity index (χ2v) is 13.4. The average molecular weight is 274 g/mol. The Balaban J connectivity index is 3.16. The molecule has 0 N–H and O–H groups in total. The second kappa shape index (κ2) is 6.34. The summed E-state index contributed by atoms with van der Waals surface area (Å²) in [4.78, 5) is 0. The lowest BCUT2D eigenvalue weighted by Crippen LogP contribution is -2.41. The molecule has 0 spiro atoms. The molecule has 2 heteroatoms. The summed E-state index contributed by atoms with van der Waals surface area (Å²) < 4.78 is 0. The molecular weight excluding hydrogens is 248 g/mol. The highest BCUT2D eigenvalue weighted by molar-refractivity contribution is 6.90. The van der Waals surface area contributed by atoms with Gasteiger partial charge in [-0.15, -0.1) is 6.58 Å². The van der Waals surface area contributed by atoms with Crippen LogP contribution < -0.4 is 5.19 Å². The van der Waals surface area contributed by atoms with Gasteiger partial charge in [0.15, 0.2) is 0 Å². The van der Waals surface area contributed by atoms with Crippen LogP contribution in [0.25, 0.3) is 6.08 Å². The van der Waals surface area contributed by atoms with E-state index >= 15 is 0 Å². The Kier molecular flexibility index (Phi) is 5.35. The highest BCUT2D eigenvalue weighted by atomic mass is 28.3. The summed E-state index contributed by atoms with van der Waals surface area (Å²) in [5.74, 6) is 0. The molecule has 18 heavy (non-hydrogen) atoms. The number of hydrogen-bond acceptors (Lipinski definition) is 0. The van der Waals surface area contributed by atoms with Crippen molar-refractivity contribution in [3.05, 3.63) is 48.6 Å². The third-order valence-electron chi connectivity index (χ3n) is 3.34. The summed E-state index contributed by atoms with van der Waals surface area (Å²) in [7, 11) is -1.58. The summed E-state index contributed by atoms with van der Waals surface area (Å²) in [5, 5.41) is 1.55. The summed E-state index contributed by atoms with van der Waals surface area (Å²) in [6, 6.07) is 9.37. The molecule has 1 aromatic rings. The molecule has 1 radical (unpaired) electrons. The zero-order chi connectivity index (χ0) is 13.8. The van der Waals surface area contributed by atoms with Crippen molar-refractivity contribution >= 4 is 28.1 Å². The molecule has 0 saturated carbocycles. The summed E-state index contributed by atoms with van der Waals surface area (Å²) >= 11 is 0. The van der Waals surface area contributed by atoms with Crippen LogP contribution in [-0.2, 0) is 6.04 Å². The molecule has 0 nitrogen and oxygen atoms in total. The number of benzene rings is 1. The molecule has 97 valence electrons. The third kappa shape index (κ3) is 3.82. The van der Waals surface area contributed by atoms with Gasteiger partial charge in [-0.05, 0) is 23.2 Å². The van der Waals surface area contributed by atoms with Gasteiger partial charge in [-0.25, -0.2) is 0 Å². The van der Waals surface area contributed by atoms with Crippen molar-refractivity contribution in [3.8, 4) is 0 Å². The predicted octanol–water partition coefficient (Wildman–Crippen LogP) is 4.27. The Morgan fingerprint density at radius 2 is 1.89 bits per heavy atom. The first-order valence-electron chi connectivity index (χ1n) is 6.56. The fraction of sp³-hybridized carbons (Fsp3) is 0.375. The third-order valence-corrected chi connectivity index (χ3v) is 7.61. The quantitative estimate of drug-likeness (QED) is 0.536. The van der Waals surface area contributed by atoms with Crippen LogP contribution in [0.15, 0.2) is 37.4 Å². The lowest BCUT2D eigenvalue weighted by Gasteiger charge is -2.23. The minimum Gasteiger partial charge on any atom is -0.103 e. The van der Waals surface area contributed by atoms with Crippen molar-refractivity contribution in [1.82, 2.24) is 0 Å². The molecule has 0 aliphatic rings. The van der Waals surface area contributed by atoms with Gasteiger partial charge in [0.05, 0.1) is 8.07 Å². The van der Waals surface area contributed by atoms with E-state index in [9.17, 15) is 0 Å². The highest BCUT2D eigenvalue weighted by Gasteiger charge is 2.22. The van der Waals surface area contributed by atoms with E-state index in [0.717, 1.165) is 6.04 Å². The molecule has 0 bridgehead atoms. The Hall–Kier alpha value is -0.866. The molecule has 0 unspecified atom stereocenters. The van der Waals surface area contributed by atoms with Crippen LogP contribution in [0.4, 0.5) is 0 Å².